The number of thioether (sulfide) groups is 1. The summed E-state index contributed by atoms with van der Waals surface area (Å²) in [5, 5.41) is 6.86. The van der Waals surface area contributed by atoms with E-state index in [1.807, 2.05) is 0 Å². The minimum absolute atomic E-state index is 0.143. The highest BCUT2D eigenvalue weighted by Crippen LogP contribution is 2.32. The first-order valence-electron chi connectivity index (χ1n) is 4.70. The lowest BCUT2D eigenvalue weighted by Crippen LogP contribution is -2.36. The van der Waals surface area contributed by atoms with Gasteiger partial charge in [-0.25, -0.2) is 8.78 Å². The number of alkyl halides is 3. The van der Waals surface area contributed by atoms with Gasteiger partial charge in [-0.1, -0.05) is 0 Å². The first-order valence-corrected chi connectivity index (χ1v) is 5.69. The summed E-state index contributed by atoms with van der Waals surface area (Å²) in [4.78, 5) is 0.143. The molecule has 1 rings (SSSR count). The van der Waals surface area contributed by atoms with Crippen molar-refractivity contribution in [2.45, 2.75) is 11.1 Å². The Kier molecular flexibility index (Phi) is 4.55. The molecule has 0 aliphatic heterocycles. The van der Waals surface area contributed by atoms with Gasteiger partial charge in [-0.3, -0.25) is 5.41 Å². The van der Waals surface area contributed by atoms with Crippen molar-refractivity contribution >= 4 is 17.6 Å². The van der Waals surface area contributed by atoms with Gasteiger partial charge in [-0.15, -0.1) is 11.8 Å². The summed E-state index contributed by atoms with van der Waals surface area (Å²) in [5.41, 5.74) is 4.86. The van der Waals surface area contributed by atoms with E-state index in [0.29, 0.717) is 11.8 Å². The number of halogens is 5. The maximum absolute atomic E-state index is 12.8. The van der Waals surface area contributed by atoms with Crippen molar-refractivity contribution in [3.63, 3.8) is 0 Å². The normalized spacial score (nSPS) is 13.4. The van der Waals surface area contributed by atoms with E-state index in [-0.39, 0.29) is 4.90 Å². The van der Waals surface area contributed by atoms with Crippen LogP contribution >= 0.6 is 11.8 Å². The molecule has 0 heterocycles. The van der Waals surface area contributed by atoms with Crippen molar-refractivity contribution in [3.8, 4) is 0 Å². The lowest BCUT2D eigenvalue weighted by molar-refractivity contribution is -0.149. The molecule has 1 atom stereocenters. The number of hydrogen-bond donors (Lipinski definition) is 2. The number of nitrogens with one attached hydrogen (secondary N) is 1. The van der Waals surface area contributed by atoms with E-state index in [1.165, 1.54) is 0 Å². The van der Waals surface area contributed by atoms with Crippen LogP contribution in [-0.2, 0) is 0 Å². The SMILES string of the molecule is N=C(N)C(CSc1ccc(F)c(F)c1)C(F)(F)F. The molecule has 1 aromatic carbocycles. The lowest BCUT2D eigenvalue weighted by atomic mass is 10.1. The van der Waals surface area contributed by atoms with E-state index in [2.05, 4.69) is 0 Å². The predicted molar refractivity (Wildman–Crippen MR) is 58.5 cm³/mol. The highest BCUT2D eigenvalue weighted by Gasteiger charge is 2.41. The van der Waals surface area contributed by atoms with Crippen molar-refractivity contribution < 1.29 is 22.0 Å². The molecule has 3 N–H and O–H groups in total. The van der Waals surface area contributed by atoms with E-state index in [9.17, 15) is 22.0 Å². The molecular formula is C10H9F5N2S. The Labute approximate surface area is 104 Å². The van der Waals surface area contributed by atoms with Crippen LogP contribution in [0.1, 0.15) is 0 Å². The topological polar surface area (TPSA) is 49.9 Å². The Morgan fingerprint density at radius 1 is 1.28 bits per heavy atom. The zero-order valence-electron chi connectivity index (χ0n) is 8.89. The highest BCUT2D eigenvalue weighted by molar-refractivity contribution is 7.99. The quantitative estimate of drug-likeness (QED) is 0.386. The lowest BCUT2D eigenvalue weighted by Gasteiger charge is -2.18. The molecule has 0 aliphatic carbocycles. The summed E-state index contributed by atoms with van der Waals surface area (Å²) < 4.78 is 62.8. The van der Waals surface area contributed by atoms with Gasteiger partial charge in [0.05, 0.1) is 0 Å². The van der Waals surface area contributed by atoms with E-state index in [4.69, 9.17) is 11.1 Å². The van der Waals surface area contributed by atoms with Crippen LogP contribution in [0.5, 0.6) is 0 Å². The van der Waals surface area contributed by atoms with Gasteiger partial charge in [0.15, 0.2) is 11.6 Å². The third kappa shape index (κ3) is 3.86. The van der Waals surface area contributed by atoms with Gasteiger partial charge in [0.1, 0.15) is 11.8 Å². The predicted octanol–water partition coefficient (Wildman–Crippen LogP) is 3.17. The van der Waals surface area contributed by atoms with Crippen LogP contribution in [-0.4, -0.2) is 17.8 Å². The standard InChI is InChI=1S/C10H9F5N2S/c11-7-2-1-5(3-8(7)12)18-4-6(9(16)17)10(13,14)15/h1-3,6H,4H2,(H3,16,17). The molecule has 0 aromatic heterocycles. The van der Waals surface area contributed by atoms with Gasteiger partial charge in [-0.05, 0) is 18.2 Å². The van der Waals surface area contributed by atoms with Crippen LogP contribution in [0.25, 0.3) is 0 Å². The second-order valence-corrected chi connectivity index (χ2v) is 4.53. The second kappa shape index (κ2) is 5.55. The Balaban J connectivity index is 2.73. The monoisotopic (exact) mass is 284 g/mol. The minimum atomic E-state index is -4.63. The third-order valence-electron chi connectivity index (χ3n) is 2.08. The van der Waals surface area contributed by atoms with Gasteiger partial charge in [0, 0.05) is 10.6 Å². The highest BCUT2D eigenvalue weighted by atomic mass is 32.2. The van der Waals surface area contributed by atoms with Crippen LogP contribution in [0.2, 0.25) is 0 Å². The van der Waals surface area contributed by atoms with E-state index >= 15 is 0 Å². The molecule has 0 amide bonds. The molecule has 0 saturated heterocycles. The van der Waals surface area contributed by atoms with E-state index in [1.54, 1.807) is 0 Å². The molecule has 1 unspecified atom stereocenters. The Hall–Kier alpha value is -1.31. The van der Waals surface area contributed by atoms with Crippen LogP contribution in [0.4, 0.5) is 22.0 Å². The van der Waals surface area contributed by atoms with Crippen molar-refractivity contribution in [2.75, 3.05) is 5.75 Å². The average Bonchev–Trinajstić information content (AvgIpc) is 2.21. The Morgan fingerprint density at radius 2 is 1.89 bits per heavy atom. The van der Waals surface area contributed by atoms with Crippen molar-refractivity contribution in [1.82, 2.24) is 0 Å². The average molecular weight is 284 g/mol. The zero-order chi connectivity index (χ0) is 13.9. The fourth-order valence-electron chi connectivity index (χ4n) is 1.11. The first kappa shape index (κ1) is 14.7. The third-order valence-corrected chi connectivity index (χ3v) is 3.17. The largest absolute Gasteiger partial charge is 0.399 e. The molecule has 0 saturated carbocycles. The summed E-state index contributed by atoms with van der Waals surface area (Å²) >= 11 is 0.659. The van der Waals surface area contributed by atoms with Crippen LogP contribution < -0.4 is 5.73 Å². The first-order chi connectivity index (χ1) is 8.21. The van der Waals surface area contributed by atoms with Crippen molar-refractivity contribution in [2.24, 2.45) is 11.7 Å². The molecule has 18 heavy (non-hydrogen) atoms. The maximum atomic E-state index is 12.8. The molecule has 0 spiro atoms. The summed E-state index contributed by atoms with van der Waals surface area (Å²) in [5.74, 6) is -5.86. The van der Waals surface area contributed by atoms with Gasteiger partial charge >= 0.3 is 6.18 Å². The van der Waals surface area contributed by atoms with Crippen LogP contribution in [0.15, 0.2) is 23.1 Å². The van der Waals surface area contributed by atoms with Gasteiger partial charge in [0.25, 0.3) is 0 Å². The fourth-order valence-corrected chi connectivity index (χ4v) is 2.19. The van der Waals surface area contributed by atoms with Crippen molar-refractivity contribution in [1.29, 1.82) is 5.41 Å². The molecule has 2 nitrogen and oxygen atoms in total. The molecule has 1 aromatic rings. The number of amidine groups is 1. The number of benzene rings is 1. The van der Waals surface area contributed by atoms with Gasteiger partial charge in [0.2, 0.25) is 0 Å². The molecule has 0 bridgehead atoms. The van der Waals surface area contributed by atoms with E-state index in [0.717, 1.165) is 18.2 Å². The molecule has 0 fully saturated rings. The summed E-state index contributed by atoms with van der Waals surface area (Å²) in [6.45, 7) is 0. The van der Waals surface area contributed by atoms with Crippen LogP contribution in [0.3, 0.4) is 0 Å². The van der Waals surface area contributed by atoms with Gasteiger partial charge in [-0.2, -0.15) is 13.2 Å². The van der Waals surface area contributed by atoms with Crippen molar-refractivity contribution in [3.05, 3.63) is 29.8 Å². The maximum Gasteiger partial charge on any atom is 0.399 e. The summed E-state index contributed by atoms with van der Waals surface area (Å²) in [6, 6.07) is 2.79. The molecule has 0 radical (unpaired) electrons. The summed E-state index contributed by atoms with van der Waals surface area (Å²) in [6.07, 6.45) is -4.63. The number of hydrogen-bond acceptors (Lipinski definition) is 2. The van der Waals surface area contributed by atoms with Gasteiger partial charge < -0.3 is 5.73 Å². The fraction of sp³-hybridized carbons (Fsp3) is 0.300. The molecular weight excluding hydrogens is 275 g/mol. The molecule has 0 aliphatic rings. The molecule has 8 heteroatoms. The number of rotatable bonds is 4. The smallest absolute Gasteiger partial charge is 0.387 e. The zero-order valence-corrected chi connectivity index (χ0v) is 9.71. The number of nitrogens with two attached hydrogens (primary N) is 1. The van der Waals surface area contributed by atoms with E-state index < -0.39 is 35.3 Å². The summed E-state index contributed by atoms with van der Waals surface area (Å²) in [7, 11) is 0. The second-order valence-electron chi connectivity index (χ2n) is 3.44. The minimum Gasteiger partial charge on any atom is -0.387 e. The Morgan fingerprint density at radius 3 is 2.33 bits per heavy atom. The molecule has 100 valence electrons. The van der Waals surface area contributed by atoms with Crippen LogP contribution in [0, 0.1) is 23.0 Å². The Bertz CT molecular complexity index is 446.